The summed E-state index contributed by atoms with van der Waals surface area (Å²) in [6, 6.07) is 0. The topological polar surface area (TPSA) is 26.3 Å². The first-order chi connectivity index (χ1) is 6.10. The van der Waals surface area contributed by atoms with Crippen molar-refractivity contribution < 1.29 is 8.91 Å². The van der Waals surface area contributed by atoms with Crippen LogP contribution in [0, 0.1) is 6.92 Å². The second kappa shape index (κ2) is 4.72. The minimum Gasteiger partial charge on any atom is -0.455 e. The van der Waals surface area contributed by atoms with Gasteiger partial charge in [-0.05, 0) is 39.2 Å². The smallest absolute Gasteiger partial charge is 0.183 e. The van der Waals surface area contributed by atoms with Crippen LogP contribution in [0.4, 0.5) is 0 Å². The first-order valence-corrected chi connectivity index (χ1v) is 11.6. The Hall–Kier alpha value is 0.0638. The molecule has 14 heavy (non-hydrogen) atoms. The fourth-order valence-corrected chi connectivity index (χ4v) is 10.6. The Morgan fingerprint density at radius 1 is 1.29 bits per heavy atom. The zero-order valence-corrected chi connectivity index (χ0v) is 12.3. The molecule has 0 saturated carbocycles. The van der Waals surface area contributed by atoms with Gasteiger partial charge in [-0.2, -0.15) is 0 Å². The first kappa shape index (κ1) is 14.1. The lowest BCUT2D eigenvalue weighted by Crippen LogP contribution is -2.47. The van der Waals surface area contributed by atoms with Gasteiger partial charge in [-0.1, -0.05) is 6.92 Å². The maximum Gasteiger partial charge on any atom is 0.183 e. The summed E-state index contributed by atoms with van der Waals surface area (Å²) in [6.07, 6.45) is 0.853. The van der Waals surface area contributed by atoms with Crippen LogP contribution >= 0.6 is 0 Å². The summed E-state index contributed by atoms with van der Waals surface area (Å²) in [7, 11) is -3.42. The number of hydrogen-bond acceptors (Lipinski definition) is 2. The average Bonchev–Trinajstić information content (AvgIpc) is 1.79. The minimum absolute atomic E-state index is 0.0439. The van der Waals surface area contributed by atoms with Crippen LogP contribution < -0.4 is 0 Å². The highest BCUT2D eigenvalue weighted by Gasteiger charge is 2.38. The van der Waals surface area contributed by atoms with Crippen molar-refractivity contribution in [3.05, 3.63) is 6.92 Å². The van der Waals surface area contributed by atoms with Gasteiger partial charge in [0.2, 0.25) is 0 Å². The summed E-state index contributed by atoms with van der Waals surface area (Å²) in [5, 5.41) is 0. The van der Waals surface area contributed by atoms with Gasteiger partial charge < -0.3 is 4.12 Å². The molecule has 0 saturated heterocycles. The molecule has 0 amide bonds. The van der Waals surface area contributed by atoms with Gasteiger partial charge in [0.05, 0.1) is 0 Å². The van der Waals surface area contributed by atoms with E-state index < -0.39 is 16.6 Å². The monoisotopic (exact) mass is 231 g/mol. The number of carbonyl (C=O) groups excluding carboxylic acids is 1. The molecule has 0 aliphatic heterocycles. The van der Waals surface area contributed by atoms with E-state index in [4.69, 9.17) is 4.12 Å². The van der Waals surface area contributed by atoms with Crippen LogP contribution in [0.3, 0.4) is 0 Å². The lowest BCUT2D eigenvalue weighted by Gasteiger charge is -2.36. The van der Waals surface area contributed by atoms with Crippen LogP contribution in [0.1, 0.15) is 13.3 Å². The predicted molar refractivity (Wildman–Crippen MR) is 66.3 cm³/mol. The number of rotatable bonds is 5. The largest absolute Gasteiger partial charge is 0.455 e. The van der Waals surface area contributed by atoms with Crippen molar-refractivity contribution in [3.63, 3.8) is 0 Å². The second-order valence-electron chi connectivity index (χ2n) is 5.25. The third-order valence-electron chi connectivity index (χ3n) is 2.21. The molecule has 0 fully saturated rings. The summed E-state index contributed by atoms with van der Waals surface area (Å²) >= 11 is 0. The zero-order chi connectivity index (χ0) is 11.6. The standard InChI is InChI=1S/C10H23O2Si2/c1-8-10(9(2)11)14(6,7)12-13(3,4)5/h10H,2,8H2,1,3-7H3. The van der Waals surface area contributed by atoms with Crippen LogP contribution in [0.5, 0.6) is 0 Å². The number of ketones is 1. The normalized spacial score (nSPS) is 15.4. The molecular formula is C10H23O2Si2. The Kier molecular flexibility index (Phi) is 4.74. The molecule has 0 spiro atoms. The first-order valence-electron chi connectivity index (χ1n) is 5.16. The lowest BCUT2D eigenvalue weighted by molar-refractivity contribution is -0.115. The molecule has 0 aromatic heterocycles. The van der Waals surface area contributed by atoms with Gasteiger partial charge in [0.15, 0.2) is 16.6 Å². The minimum atomic E-state index is -1.88. The van der Waals surface area contributed by atoms with Crippen LogP contribution in [0.2, 0.25) is 38.3 Å². The lowest BCUT2D eigenvalue weighted by atomic mass is 10.2. The Morgan fingerprint density at radius 3 is 1.93 bits per heavy atom. The molecular weight excluding hydrogens is 208 g/mol. The third kappa shape index (κ3) is 4.53. The van der Waals surface area contributed by atoms with Crippen molar-refractivity contribution >= 4 is 22.4 Å². The molecule has 0 aliphatic rings. The molecule has 0 aromatic rings. The van der Waals surface area contributed by atoms with Crippen LogP contribution in [-0.2, 0) is 8.91 Å². The fourth-order valence-electron chi connectivity index (χ4n) is 1.97. The molecule has 0 aromatic carbocycles. The zero-order valence-electron chi connectivity index (χ0n) is 10.3. The summed E-state index contributed by atoms with van der Waals surface area (Å²) in [6.45, 7) is 16.3. The Morgan fingerprint density at radius 2 is 1.71 bits per heavy atom. The molecule has 0 bridgehead atoms. The van der Waals surface area contributed by atoms with Gasteiger partial charge in [0, 0.05) is 12.5 Å². The van der Waals surface area contributed by atoms with Gasteiger partial charge in [0.25, 0.3) is 0 Å². The van der Waals surface area contributed by atoms with Gasteiger partial charge in [-0.15, -0.1) is 0 Å². The predicted octanol–water partition coefficient (Wildman–Crippen LogP) is 3.23. The summed E-state index contributed by atoms with van der Waals surface area (Å²) in [4.78, 5) is 11.4. The van der Waals surface area contributed by atoms with Crippen molar-refractivity contribution in [1.29, 1.82) is 0 Å². The molecule has 0 heterocycles. The molecule has 4 heteroatoms. The van der Waals surface area contributed by atoms with Gasteiger partial charge in [0.1, 0.15) is 5.78 Å². The van der Waals surface area contributed by atoms with Crippen molar-refractivity contribution in [2.24, 2.45) is 0 Å². The van der Waals surface area contributed by atoms with Crippen LogP contribution in [0.25, 0.3) is 0 Å². The SMILES string of the molecule is [CH2]C(=O)C(CC)[Si](C)(C)O[Si](C)(C)C. The molecule has 2 nitrogen and oxygen atoms in total. The fraction of sp³-hybridized carbons (Fsp3) is 0.800. The highest BCUT2D eigenvalue weighted by Crippen LogP contribution is 2.29. The highest BCUT2D eigenvalue weighted by atomic mass is 28.4. The van der Waals surface area contributed by atoms with E-state index in [1.807, 2.05) is 6.92 Å². The Balaban J connectivity index is 4.65. The van der Waals surface area contributed by atoms with Gasteiger partial charge >= 0.3 is 0 Å². The van der Waals surface area contributed by atoms with Gasteiger partial charge in [-0.3, -0.25) is 4.79 Å². The summed E-state index contributed by atoms with van der Waals surface area (Å²) in [5.74, 6) is 0.0439. The third-order valence-corrected chi connectivity index (χ3v) is 9.17. The Labute approximate surface area is 90.3 Å². The van der Waals surface area contributed by atoms with E-state index >= 15 is 0 Å². The van der Waals surface area contributed by atoms with E-state index in [1.165, 1.54) is 0 Å². The molecule has 1 atom stereocenters. The van der Waals surface area contributed by atoms with Crippen LogP contribution in [-0.4, -0.2) is 22.4 Å². The molecule has 0 rings (SSSR count). The highest BCUT2D eigenvalue weighted by molar-refractivity contribution is 6.86. The van der Waals surface area contributed by atoms with Gasteiger partial charge in [-0.25, -0.2) is 0 Å². The molecule has 0 N–H and O–H groups in total. The average molecular weight is 231 g/mol. The van der Waals surface area contributed by atoms with Crippen molar-refractivity contribution in [3.8, 4) is 0 Å². The number of carbonyl (C=O) groups is 1. The van der Waals surface area contributed by atoms with E-state index in [2.05, 4.69) is 39.7 Å². The maximum absolute atomic E-state index is 11.4. The Bertz CT molecular complexity index is 207. The van der Waals surface area contributed by atoms with E-state index in [-0.39, 0.29) is 11.3 Å². The quantitative estimate of drug-likeness (QED) is 0.679. The van der Waals surface area contributed by atoms with E-state index in [0.29, 0.717) is 0 Å². The van der Waals surface area contributed by atoms with Crippen LogP contribution in [0.15, 0.2) is 0 Å². The molecule has 1 radical (unpaired) electrons. The van der Waals surface area contributed by atoms with E-state index in [0.717, 1.165) is 6.42 Å². The summed E-state index contributed by atoms with van der Waals surface area (Å²) in [5.41, 5.74) is 0.0502. The number of hydrogen-bond donors (Lipinski definition) is 0. The summed E-state index contributed by atoms with van der Waals surface area (Å²) < 4.78 is 6.16. The molecule has 83 valence electrons. The van der Waals surface area contributed by atoms with E-state index in [1.54, 1.807) is 0 Å². The molecule has 1 unspecified atom stereocenters. The molecule has 0 aliphatic carbocycles. The van der Waals surface area contributed by atoms with Crippen molar-refractivity contribution in [2.75, 3.05) is 0 Å². The van der Waals surface area contributed by atoms with Crippen molar-refractivity contribution in [1.82, 2.24) is 0 Å². The number of Topliss-reactive ketones (excluding diaryl/α,β-unsaturated/α-hetero) is 1. The maximum atomic E-state index is 11.4. The second-order valence-corrected chi connectivity index (χ2v) is 14.2. The van der Waals surface area contributed by atoms with E-state index in [9.17, 15) is 4.79 Å². The van der Waals surface area contributed by atoms with Crippen molar-refractivity contribution in [2.45, 2.75) is 51.6 Å².